The summed E-state index contributed by atoms with van der Waals surface area (Å²) in [6.45, 7) is 2.83. The van der Waals surface area contributed by atoms with E-state index in [1.54, 1.807) is 26.5 Å². The Balaban J connectivity index is 1.94. The van der Waals surface area contributed by atoms with Crippen LogP contribution in [0.1, 0.15) is 19.8 Å². The fourth-order valence-electron chi connectivity index (χ4n) is 2.15. The molecular weight excluding hydrogens is 244 g/mol. The van der Waals surface area contributed by atoms with E-state index in [2.05, 4.69) is 12.2 Å². The fourth-order valence-corrected chi connectivity index (χ4v) is 3.97. The Morgan fingerprint density at radius 1 is 1.44 bits per heavy atom. The molecule has 2 atom stereocenters. The van der Waals surface area contributed by atoms with E-state index >= 15 is 0 Å². The van der Waals surface area contributed by atoms with E-state index in [-0.39, 0.29) is 23.9 Å². The molecular formula is C10H16N2O2S2. The van der Waals surface area contributed by atoms with Gasteiger partial charge in [0.05, 0.1) is 0 Å². The van der Waals surface area contributed by atoms with Crippen molar-refractivity contribution in [1.29, 1.82) is 0 Å². The molecule has 2 aliphatic heterocycles. The first-order chi connectivity index (χ1) is 7.74. The number of hydrogen-bond donors (Lipinski definition) is 1. The van der Waals surface area contributed by atoms with Gasteiger partial charge in [-0.1, -0.05) is 28.5 Å². The fraction of sp³-hybridized carbons (Fsp3) is 0.800. The summed E-state index contributed by atoms with van der Waals surface area (Å²) in [5.74, 6) is 1.83. The summed E-state index contributed by atoms with van der Waals surface area (Å²) in [5, 5.41) is 2.83. The van der Waals surface area contributed by atoms with Crippen LogP contribution in [-0.4, -0.2) is 46.8 Å². The number of nitrogens with one attached hydrogen (secondary N) is 1. The summed E-state index contributed by atoms with van der Waals surface area (Å²) in [7, 11) is 3.38. The number of hydrogen-bond acceptors (Lipinski definition) is 4. The number of carbonyl (C=O) groups excluding carboxylic acids is 2. The maximum atomic E-state index is 12.0. The van der Waals surface area contributed by atoms with Gasteiger partial charge in [0, 0.05) is 18.1 Å². The number of carbonyl (C=O) groups is 2. The molecule has 2 saturated heterocycles. The number of nitrogens with zero attached hydrogens (tertiary/aromatic N) is 1. The van der Waals surface area contributed by atoms with Crippen molar-refractivity contribution in [3.8, 4) is 0 Å². The molecule has 2 heterocycles. The summed E-state index contributed by atoms with van der Waals surface area (Å²) in [6.07, 6.45) is 1.77. The molecule has 6 heteroatoms. The van der Waals surface area contributed by atoms with E-state index in [0.717, 1.165) is 25.1 Å². The smallest absolute Gasteiger partial charge is 0.246 e. The SMILES string of the molecule is CCSSC[C@@H]1NC(=O)C2CCCN2C1=O. The third-order valence-electron chi connectivity index (χ3n) is 2.89. The van der Waals surface area contributed by atoms with Gasteiger partial charge in [-0.05, 0) is 12.8 Å². The van der Waals surface area contributed by atoms with Gasteiger partial charge in [-0.3, -0.25) is 9.59 Å². The van der Waals surface area contributed by atoms with E-state index in [1.165, 1.54) is 0 Å². The lowest BCUT2D eigenvalue weighted by Gasteiger charge is -2.34. The Morgan fingerprint density at radius 3 is 3.00 bits per heavy atom. The summed E-state index contributed by atoms with van der Waals surface area (Å²) in [6, 6.07) is -0.501. The Bertz CT molecular complexity index is 299. The van der Waals surface area contributed by atoms with Crippen molar-refractivity contribution >= 4 is 33.4 Å². The van der Waals surface area contributed by atoms with Crippen molar-refractivity contribution in [2.75, 3.05) is 18.1 Å². The molecule has 1 N–H and O–H groups in total. The van der Waals surface area contributed by atoms with Crippen molar-refractivity contribution in [3.63, 3.8) is 0 Å². The summed E-state index contributed by atoms with van der Waals surface area (Å²) in [5.41, 5.74) is 0. The quantitative estimate of drug-likeness (QED) is 0.602. The molecule has 0 aromatic rings. The highest BCUT2D eigenvalue weighted by atomic mass is 33.1. The maximum absolute atomic E-state index is 12.0. The summed E-state index contributed by atoms with van der Waals surface area (Å²) < 4.78 is 0. The molecule has 0 bridgehead atoms. The third-order valence-corrected chi connectivity index (χ3v) is 5.38. The predicted octanol–water partition coefficient (Wildman–Crippen LogP) is 0.877. The number of rotatable bonds is 4. The van der Waals surface area contributed by atoms with Crippen molar-refractivity contribution in [2.45, 2.75) is 31.8 Å². The largest absolute Gasteiger partial charge is 0.342 e. The van der Waals surface area contributed by atoms with Crippen LogP contribution < -0.4 is 5.32 Å². The maximum Gasteiger partial charge on any atom is 0.246 e. The van der Waals surface area contributed by atoms with Gasteiger partial charge in [0.2, 0.25) is 11.8 Å². The van der Waals surface area contributed by atoms with Crippen LogP contribution in [0.2, 0.25) is 0 Å². The van der Waals surface area contributed by atoms with Crippen molar-refractivity contribution < 1.29 is 9.59 Å². The average Bonchev–Trinajstić information content (AvgIpc) is 2.75. The van der Waals surface area contributed by atoms with Crippen LogP contribution in [0, 0.1) is 0 Å². The molecule has 16 heavy (non-hydrogen) atoms. The zero-order valence-electron chi connectivity index (χ0n) is 9.27. The first kappa shape index (κ1) is 12.1. The summed E-state index contributed by atoms with van der Waals surface area (Å²) >= 11 is 0. The van der Waals surface area contributed by atoms with Gasteiger partial charge >= 0.3 is 0 Å². The highest BCUT2D eigenvalue weighted by molar-refractivity contribution is 8.76. The molecule has 0 radical (unpaired) electrons. The van der Waals surface area contributed by atoms with Crippen molar-refractivity contribution in [2.24, 2.45) is 0 Å². The second kappa shape index (κ2) is 5.31. The van der Waals surface area contributed by atoms with E-state index in [4.69, 9.17) is 0 Å². The van der Waals surface area contributed by atoms with Crippen LogP contribution in [0.4, 0.5) is 0 Å². The van der Waals surface area contributed by atoms with Gasteiger partial charge in [-0.15, -0.1) is 0 Å². The first-order valence-corrected chi connectivity index (χ1v) is 8.08. The molecule has 0 saturated carbocycles. The van der Waals surface area contributed by atoms with Crippen LogP contribution in [0.5, 0.6) is 0 Å². The highest BCUT2D eigenvalue weighted by Gasteiger charge is 2.42. The van der Waals surface area contributed by atoms with E-state index < -0.39 is 0 Å². The molecule has 0 aliphatic carbocycles. The Hall–Kier alpha value is -0.360. The van der Waals surface area contributed by atoms with Crippen molar-refractivity contribution in [1.82, 2.24) is 10.2 Å². The van der Waals surface area contributed by atoms with Crippen LogP contribution in [-0.2, 0) is 9.59 Å². The molecule has 0 aromatic heterocycles. The number of fused-ring (bicyclic) bond motifs is 1. The van der Waals surface area contributed by atoms with Gasteiger partial charge in [-0.2, -0.15) is 0 Å². The second-order valence-electron chi connectivity index (χ2n) is 3.94. The monoisotopic (exact) mass is 260 g/mol. The number of piperazine rings is 1. The lowest BCUT2D eigenvalue weighted by Crippen LogP contribution is -2.61. The minimum absolute atomic E-state index is 0.0317. The second-order valence-corrected chi connectivity index (χ2v) is 6.74. The molecule has 2 amide bonds. The topological polar surface area (TPSA) is 49.4 Å². The van der Waals surface area contributed by atoms with E-state index in [0.29, 0.717) is 5.75 Å². The molecule has 2 aliphatic rings. The Morgan fingerprint density at radius 2 is 2.25 bits per heavy atom. The van der Waals surface area contributed by atoms with Gasteiger partial charge in [0.1, 0.15) is 12.1 Å². The molecule has 90 valence electrons. The van der Waals surface area contributed by atoms with Gasteiger partial charge in [0.15, 0.2) is 0 Å². The normalized spacial score (nSPS) is 29.2. The molecule has 1 unspecified atom stereocenters. The lowest BCUT2D eigenvalue weighted by molar-refractivity contribution is -0.146. The Kier molecular flexibility index (Phi) is 4.02. The molecule has 0 aromatic carbocycles. The van der Waals surface area contributed by atoms with Gasteiger partial charge in [-0.25, -0.2) is 0 Å². The summed E-state index contributed by atoms with van der Waals surface area (Å²) in [4.78, 5) is 25.5. The third kappa shape index (κ3) is 2.32. The van der Waals surface area contributed by atoms with E-state index in [1.807, 2.05) is 0 Å². The molecule has 4 nitrogen and oxygen atoms in total. The highest BCUT2D eigenvalue weighted by Crippen LogP contribution is 2.26. The molecule has 2 fully saturated rings. The lowest BCUT2D eigenvalue weighted by atomic mass is 10.1. The number of amides is 2. The first-order valence-electron chi connectivity index (χ1n) is 5.59. The van der Waals surface area contributed by atoms with Crippen LogP contribution in [0.3, 0.4) is 0 Å². The standard InChI is InChI=1S/C10H16N2O2S2/c1-2-15-16-6-7-10(14)12-5-3-4-8(12)9(13)11-7/h7-8H,2-6H2,1H3,(H,11,13)/t7-,8?/m0/s1. The van der Waals surface area contributed by atoms with Crippen LogP contribution in [0.25, 0.3) is 0 Å². The van der Waals surface area contributed by atoms with Crippen LogP contribution in [0.15, 0.2) is 0 Å². The van der Waals surface area contributed by atoms with Crippen LogP contribution >= 0.6 is 21.6 Å². The molecule has 2 rings (SSSR count). The van der Waals surface area contributed by atoms with Gasteiger partial charge in [0.25, 0.3) is 0 Å². The minimum atomic E-state index is -0.314. The van der Waals surface area contributed by atoms with Gasteiger partial charge < -0.3 is 10.2 Å². The zero-order valence-corrected chi connectivity index (χ0v) is 10.9. The zero-order chi connectivity index (χ0) is 11.5. The average molecular weight is 260 g/mol. The molecule has 0 spiro atoms. The predicted molar refractivity (Wildman–Crippen MR) is 67.3 cm³/mol. The van der Waals surface area contributed by atoms with Crippen molar-refractivity contribution in [3.05, 3.63) is 0 Å². The Labute approximate surface area is 103 Å². The minimum Gasteiger partial charge on any atom is -0.342 e. The van der Waals surface area contributed by atoms with E-state index in [9.17, 15) is 9.59 Å².